The molecule has 2 unspecified atom stereocenters. The summed E-state index contributed by atoms with van der Waals surface area (Å²) in [4.78, 5) is 0.763. The van der Waals surface area contributed by atoms with Crippen LogP contribution in [0.25, 0.3) is 0 Å². The molecule has 0 amide bonds. The number of benzene rings is 3. The molecule has 4 rings (SSSR count). The minimum absolute atomic E-state index is 0.0355. The van der Waals surface area contributed by atoms with Crippen LogP contribution in [0.2, 0.25) is 0 Å². The molecular weight excluding hydrogens is 385 g/mol. The van der Waals surface area contributed by atoms with Crippen LogP contribution in [0.15, 0.2) is 89.8 Å². The van der Waals surface area contributed by atoms with Gasteiger partial charge < -0.3 is 4.57 Å². The number of aryl methyl sites for hydroxylation is 1. The van der Waals surface area contributed by atoms with Crippen LogP contribution in [0.1, 0.15) is 18.9 Å². The van der Waals surface area contributed by atoms with Gasteiger partial charge in [-0.05, 0) is 25.5 Å². The van der Waals surface area contributed by atoms with Crippen LogP contribution in [-0.4, -0.2) is 20.3 Å². The molecule has 3 aromatic carbocycles. The van der Waals surface area contributed by atoms with Crippen molar-refractivity contribution in [1.82, 2.24) is 4.31 Å². The Morgan fingerprint density at radius 3 is 1.82 bits per heavy atom. The molecule has 3 nitrogen and oxygen atoms in total. The molecule has 144 valence electrons. The zero-order valence-corrected chi connectivity index (χ0v) is 17.8. The fourth-order valence-corrected chi connectivity index (χ4v) is 9.33. The van der Waals surface area contributed by atoms with Crippen LogP contribution in [0, 0.1) is 6.92 Å². The highest BCUT2D eigenvalue weighted by Gasteiger charge is 2.61. The Morgan fingerprint density at radius 1 is 0.857 bits per heavy atom. The van der Waals surface area contributed by atoms with Crippen molar-refractivity contribution in [3.63, 3.8) is 0 Å². The topological polar surface area (TPSA) is 37.1 Å². The van der Waals surface area contributed by atoms with Crippen LogP contribution in [0.5, 0.6) is 0 Å². The van der Waals surface area contributed by atoms with Gasteiger partial charge in [0.15, 0.2) is 7.14 Å². The Kier molecular flexibility index (Phi) is 5.37. The largest absolute Gasteiger partial charge is 0.312 e. The lowest BCUT2D eigenvalue weighted by molar-refractivity contribution is 0.582. The molecule has 1 heterocycles. The first-order valence-electron chi connectivity index (χ1n) is 9.55. The van der Waals surface area contributed by atoms with Crippen molar-refractivity contribution in [3.8, 4) is 0 Å². The number of hydrogen-bond donors (Lipinski definition) is 0. The van der Waals surface area contributed by atoms with E-state index in [0.717, 1.165) is 27.5 Å². The third kappa shape index (κ3) is 3.30. The van der Waals surface area contributed by atoms with Gasteiger partial charge in [0.25, 0.3) is 0 Å². The minimum atomic E-state index is -2.96. The minimum Gasteiger partial charge on any atom is -0.312 e. The van der Waals surface area contributed by atoms with Gasteiger partial charge in [0.1, 0.15) is 16.8 Å². The second-order valence-electron chi connectivity index (χ2n) is 7.14. The van der Waals surface area contributed by atoms with E-state index in [4.69, 9.17) is 0 Å². The van der Waals surface area contributed by atoms with Gasteiger partial charge in [-0.1, -0.05) is 85.3 Å². The first kappa shape index (κ1) is 19.3. The zero-order chi connectivity index (χ0) is 19.7. The predicted octanol–water partition coefficient (Wildman–Crippen LogP) is 4.45. The Balaban J connectivity index is 1.78. The van der Waals surface area contributed by atoms with Gasteiger partial charge in [0.05, 0.1) is 4.90 Å². The van der Waals surface area contributed by atoms with E-state index in [9.17, 15) is 8.77 Å². The molecule has 0 radical (unpaired) electrons. The Bertz CT molecular complexity index is 978. The Labute approximate surface area is 169 Å². The molecule has 3 aromatic rings. The second-order valence-corrected chi connectivity index (χ2v) is 11.4. The summed E-state index contributed by atoms with van der Waals surface area (Å²) in [6.45, 7) is 4.09. The summed E-state index contributed by atoms with van der Waals surface area (Å²) in [6, 6.07) is 27.1. The fourth-order valence-electron chi connectivity index (χ4n) is 3.79. The van der Waals surface area contributed by atoms with Crippen molar-refractivity contribution >= 4 is 28.7 Å². The summed E-state index contributed by atoms with van der Waals surface area (Å²) >= 11 is 0. The van der Waals surface area contributed by atoms with E-state index < -0.39 is 18.1 Å². The average molecular weight is 409 g/mol. The normalized spacial score (nSPS) is 22.6. The highest BCUT2D eigenvalue weighted by Crippen LogP contribution is 2.61. The third-order valence-electron chi connectivity index (χ3n) is 5.33. The summed E-state index contributed by atoms with van der Waals surface area (Å²) in [5.74, 6) is -0.246. The van der Waals surface area contributed by atoms with Gasteiger partial charge >= 0.3 is 0 Å². The smallest absolute Gasteiger partial charge is 0.162 e. The first-order valence-corrected chi connectivity index (χ1v) is 12.4. The van der Waals surface area contributed by atoms with Crippen molar-refractivity contribution in [3.05, 3.63) is 90.5 Å². The molecule has 0 saturated carbocycles. The van der Waals surface area contributed by atoms with Gasteiger partial charge in [0, 0.05) is 16.7 Å². The van der Waals surface area contributed by atoms with Gasteiger partial charge in [-0.15, -0.1) is 0 Å². The zero-order valence-electron chi connectivity index (χ0n) is 16.1. The van der Waals surface area contributed by atoms with Crippen molar-refractivity contribution in [2.45, 2.75) is 37.0 Å². The molecule has 1 fully saturated rings. The lowest BCUT2D eigenvalue weighted by Crippen LogP contribution is -2.22. The molecule has 28 heavy (non-hydrogen) atoms. The van der Waals surface area contributed by atoms with Crippen LogP contribution < -0.4 is 10.6 Å². The molecule has 0 spiro atoms. The Morgan fingerprint density at radius 2 is 1.36 bits per heavy atom. The molecule has 0 aromatic heterocycles. The number of hydrogen-bond acceptors (Lipinski definition) is 2. The van der Waals surface area contributed by atoms with Crippen LogP contribution in [-0.2, 0) is 15.6 Å². The van der Waals surface area contributed by atoms with Gasteiger partial charge in [0.2, 0.25) is 0 Å². The summed E-state index contributed by atoms with van der Waals surface area (Å²) in [6.07, 6.45) is 0.811. The van der Waals surface area contributed by atoms with E-state index >= 15 is 0 Å². The summed E-state index contributed by atoms with van der Waals surface area (Å²) in [5, 5.41) is 1.65. The number of nitrogens with zero attached hydrogens (tertiary/aromatic N) is 1. The van der Waals surface area contributed by atoms with Crippen molar-refractivity contribution in [2.75, 3.05) is 0 Å². The maximum atomic E-state index is 14.6. The van der Waals surface area contributed by atoms with Gasteiger partial charge in [-0.25, -0.2) is 8.51 Å². The first-order chi connectivity index (χ1) is 13.6. The van der Waals surface area contributed by atoms with Crippen LogP contribution in [0.3, 0.4) is 0 Å². The number of rotatable bonds is 6. The molecule has 5 heteroatoms. The van der Waals surface area contributed by atoms with E-state index in [1.165, 1.54) is 0 Å². The highest BCUT2D eigenvalue weighted by atomic mass is 32.2. The van der Waals surface area contributed by atoms with Crippen molar-refractivity contribution in [1.29, 1.82) is 0 Å². The molecule has 0 aliphatic carbocycles. The van der Waals surface area contributed by atoms with E-state index in [2.05, 4.69) is 6.92 Å². The maximum Gasteiger partial charge on any atom is 0.162 e. The van der Waals surface area contributed by atoms with Gasteiger partial charge in [-0.2, -0.15) is 0 Å². The predicted molar refractivity (Wildman–Crippen MR) is 117 cm³/mol. The molecule has 0 bridgehead atoms. The molecular formula is C23H24NO2PS. The highest BCUT2D eigenvalue weighted by molar-refractivity contribution is 7.85. The molecule has 1 saturated heterocycles. The van der Waals surface area contributed by atoms with Crippen molar-refractivity contribution in [2.24, 2.45) is 0 Å². The monoisotopic (exact) mass is 409 g/mol. The fraction of sp³-hybridized carbons (Fsp3) is 0.217. The van der Waals surface area contributed by atoms with Crippen LogP contribution in [0.4, 0.5) is 0 Å². The lowest BCUT2D eigenvalue weighted by Gasteiger charge is -2.19. The standard InChI is InChI=1S/C23H24NO2PS/c1-3-22-23(24(22)28(26)21-16-14-18(2)15-17-21)27(25,19-10-6-4-7-11-19)20-12-8-5-9-13-20/h4-17,22-23H,3H2,1-2H3/t22-,23+,24?,28?/m0/s1. The quantitative estimate of drug-likeness (QED) is 0.446. The summed E-state index contributed by atoms with van der Waals surface area (Å²) in [5.41, 5.74) is 1.13. The third-order valence-corrected chi connectivity index (χ3v) is 10.5. The molecule has 1 aliphatic rings. The Hall–Kier alpha value is -2.00. The van der Waals surface area contributed by atoms with Crippen LogP contribution >= 0.6 is 7.14 Å². The maximum absolute atomic E-state index is 14.6. The average Bonchev–Trinajstić information content (AvgIpc) is 3.49. The van der Waals surface area contributed by atoms with E-state index in [1.807, 2.05) is 96.2 Å². The second kappa shape index (κ2) is 7.79. The van der Waals surface area contributed by atoms with Crippen molar-refractivity contribution < 1.29 is 8.77 Å². The van der Waals surface area contributed by atoms with E-state index in [0.29, 0.717) is 0 Å². The van der Waals surface area contributed by atoms with E-state index in [1.54, 1.807) is 0 Å². The van der Waals surface area contributed by atoms with Gasteiger partial charge in [-0.3, -0.25) is 0 Å². The SMILES string of the molecule is CC[C@H]1[C@@H](P(=O)(c2ccccc2)c2ccccc2)N1S(=O)c1ccc(C)cc1. The summed E-state index contributed by atoms with van der Waals surface area (Å²) in [7, 11) is -4.29. The van der Waals surface area contributed by atoms with E-state index in [-0.39, 0.29) is 11.8 Å². The lowest BCUT2D eigenvalue weighted by atomic mass is 10.2. The molecule has 1 aliphatic heterocycles. The molecule has 0 N–H and O–H groups in total. The molecule has 4 atom stereocenters. The summed E-state index contributed by atoms with van der Waals surface area (Å²) < 4.78 is 29.8.